The van der Waals surface area contributed by atoms with E-state index < -0.39 is 28.0 Å². The normalized spacial score (nSPS) is 13.3. The number of unbranched alkanes of at least 4 members (excludes halogenated alkanes) is 32. The van der Waals surface area contributed by atoms with Crippen molar-refractivity contribution in [3.63, 3.8) is 0 Å². The lowest BCUT2D eigenvalue weighted by molar-refractivity contribution is -0.122. The highest BCUT2D eigenvalue weighted by atomic mass is 32.2. The van der Waals surface area contributed by atoms with Gasteiger partial charge in [-0.2, -0.15) is 8.42 Å². The van der Waals surface area contributed by atoms with Crippen molar-refractivity contribution in [1.29, 1.82) is 0 Å². The summed E-state index contributed by atoms with van der Waals surface area (Å²) in [6.07, 6.45) is 46.3. The van der Waals surface area contributed by atoms with Crippen LogP contribution in [-0.2, 0) is 14.9 Å². The van der Waals surface area contributed by atoms with Gasteiger partial charge in [-0.25, -0.2) is 0 Å². The van der Waals surface area contributed by atoms with Gasteiger partial charge in [0.15, 0.2) is 0 Å². The molecule has 0 heterocycles. The molecule has 298 valence electrons. The molecule has 0 saturated carbocycles. The first-order valence-corrected chi connectivity index (χ1v) is 23.5. The first kappa shape index (κ1) is 49.1. The SMILES string of the molecule is CCCCCCCCCCCCCCCC/C=C/C(O)C(CS(=O)(=O)O)NC(=O)CCCCCCCCCCCCCCCCCCCCC. The minimum atomic E-state index is -4.34. The number of carbonyl (C=O) groups excluding carboxylic acids is 1. The van der Waals surface area contributed by atoms with E-state index in [9.17, 15) is 22.9 Å². The van der Waals surface area contributed by atoms with Crippen molar-refractivity contribution < 1.29 is 22.9 Å². The number of nitrogens with one attached hydrogen (secondary N) is 1. The second-order valence-corrected chi connectivity index (χ2v) is 16.8. The van der Waals surface area contributed by atoms with Gasteiger partial charge in [0.2, 0.25) is 5.91 Å². The lowest BCUT2D eigenvalue weighted by Crippen LogP contribution is -2.46. The Balaban J connectivity index is 3.84. The van der Waals surface area contributed by atoms with Gasteiger partial charge in [-0.1, -0.05) is 225 Å². The maximum absolute atomic E-state index is 12.5. The second kappa shape index (κ2) is 37.8. The zero-order chi connectivity index (χ0) is 36.8. The highest BCUT2D eigenvalue weighted by Gasteiger charge is 2.24. The Labute approximate surface area is 312 Å². The van der Waals surface area contributed by atoms with Crippen molar-refractivity contribution in [2.75, 3.05) is 5.75 Å². The van der Waals surface area contributed by atoms with Crippen LogP contribution in [0, 0.1) is 0 Å². The highest BCUT2D eigenvalue weighted by molar-refractivity contribution is 7.85. The van der Waals surface area contributed by atoms with E-state index in [1.54, 1.807) is 6.08 Å². The molecule has 0 aliphatic heterocycles. The summed E-state index contributed by atoms with van der Waals surface area (Å²) in [5, 5.41) is 13.3. The van der Waals surface area contributed by atoms with E-state index in [0.29, 0.717) is 6.42 Å². The van der Waals surface area contributed by atoms with Crippen LogP contribution in [0.4, 0.5) is 0 Å². The molecule has 0 radical (unpaired) electrons. The van der Waals surface area contributed by atoms with Crippen LogP contribution in [-0.4, -0.2) is 41.9 Å². The molecule has 50 heavy (non-hydrogen) atoms. The second-order valence-electron chi connectivity index (χ2n) is 15.3. The minimum absolute atomic E-state index is 0.273. The lowest BCUT2D eigenvalue weighted by atomic mass is 10.0. The Bertz CT molecular complexity index is 846. The third kappa shape index (κ3) is 38.3. The van der Waals surface area contributed by atoms with E-state index in [-0.39, 0.29) is 5.91 Å². The number of aliphatic hydroxyl groups excluding tert-OH is 1. The zero-order valence-corrected chi connectivity index (χ0v) is 34.1. The summed E-state index contributed by atoms with van der Waals surface area (Å²) in [7, 11) is -4.34. The number of hydrogen-bond donors (Lipinski definition) is 3. The summed E-state index contributed by atoms with van der Waals surface area (Å²) in [6.45, 7) is 4.54. The fraction of sp³-hybridized carbons (Fsp3) is 0.930. The smallest absolute Gasteiger partial charge is 0.267 e. The fourth-order valence-corrected chi connectivity index (χ4v) is 7.66. The fourth-order valence-electron chi connectivity index (χ4n) is 6.92. The van der Waals surface area contributed by atoms with Crippen LogP contribution < -0.4 is 5.32 Å². The van der Waals surface area contributed by atoms with E-state index >= 15 is 0 Å². The van der Waals surface area contributed by atoms with Gasteiger partial charge < -0.3 is 10.4 Å². The van der Waals surface area contributed by atoms with E-state index in [1.165, 1.54) is 180 Å². The van der Waals surface area contributed by atoms with Gasteiger partial charge in [0, 0.05) is 6.42 Å². The Morgan fingerprint density at radius 2 is 0.820 bits per heavy atom. The van der Waals surface area contributed by atoms with E-state index in [4.69, 9.17) is 0 Å². The molecule has 1 amide bonds. The monoisotopic (exact) mass is 728 g/mol. The average Bonchev–Trinajstić information content (AvgIpc) is 3.08. The number of allylic oxidation sites excluding steroid dienone is 1. The molecular weight excluding hydrogens is 643 g/mol. The third-order valence-electron chi connectivity index (χ3n) is 10.2. The van der Waals surface area contributed by atoms with Gasteiger partial charge in [0.05, 0.1) is 17.9 Å². The Kier molecular flexibility index (Phi) is 37.1. The maximum Gasteiger partial charge on any atom is 0.267 e. The van der Waals surface area contributed by atoms with Crippen LogP contribution in [0.25, 0.3) is 0 Å². The number of hydrogen-bond acceptors (Lipinski definition) is 4. The summed E-state index contributed by atoms with van der Waals surface area (Å²) in [5.41, 5.74) is 0. The number of rotatable bonds is 40. The summed E-state index contributed by atoms with van der Waals surface area (Å²) >= 11 is 0. The van der Waals surface area contributed by atoms with Gasteiger partial charge in [0.1, 0.15) is 0 Å². The maximum atomic E-state index is 12.5. The molecule has 0 aliphatic carbocycles. The summed E-state index contributed by atoms with van der Waals surface area (Å²) in [6, 6.07) is -1.05. The largest absolute Gasteiger partial charge is 0.387 e. The third-order valence-corrected chi connectivity index (χ3v) is 11.0. The summed E-state index contributed by atoms with van der Waals surface area (Å²) in [4.78, 5) is 12.5. The lowest BCUT2D eigenvalue weighted by Gasteiger charge is -2.21. The Morgan fingerprint density at radius 1 is 0.520 bits per heavy atom. The molecule has 0 aliphatic rings. The standard InChI is InChI=1S/C43H85NO5S/c1-3-5-7-9-11-13-15-17-19-21-22-23-25-27-29-31-33-35-37-39-43(46)44-41(40-50(47,48)49)42(45)38-36-34-32-30-28-26-24-20-18-16-14-12-10-8-6-4-2/h36,38,41-42,45H,3-35,37,39-40H2,1-2H3,(H,44,46)(H,47,48,49)/b38-36+. The first-order valence-electron chi connectivity index (χ1n) is 21.9. The van der Waals surface area contributed by atoms with Crippen molar-refractivity contribution in [1.82, 2.24) is 5.32 Å². The molecule has 2 unspecified atom stereocenters. The van der Waals surface area contributed by atoms with Crippen LogP contribution in [0.2, 0.25) is 0 Å². The van der Waals surface area contributed by atoms with Gasteiger partial charge in [-0.15, -0.1) is 0 Å². The molecule has 7 heteroatoms. The quantitative estimate of drug-likeness (QED) is 0.0331. The van der Waals surface area contributed by atoms with Crippen LogP contribution in [0.3, 0.4) is 0 Å². The zero-order valence-electron chi connectivity index (χ0n) is 33.3. The molecule has 0 saturated heterocycles. The van der Waals surface area contributed by atoms with Crippen molar-refractivity contribution in [3.8, 4) is 0 Å². The highest BCUT2D eigenvalue weighted by Crippen LogP contribution is 2.16. The molecule has 0 aromatic heterocycles. The molecule has 6 nitrogen and oxygen atoms in total. The Hall–Kier alpha value is -0.920. The number of aliphatic hydroxyl groups is 1. The van der Waals surface area contributed by atoms with E-state index in [2.05, 4.69) is 19.2 Å². The molecular formula is C43H85NO5S. The van der Waals surface area contributed by atoms with Gasteiger partial charge >= 0.3 is 0 Å². The number of carbonyl (C=O) groups is 1. The molecule has 0 bridgehead atoms. The van der Waals surface area contributed by atoms with Crippen molar-refractivity contribution in [2.45, 2.75) is 251 Å². The van der Waals surface area contributed by atoms with Crippen molar-refractivity contribution in [2.24, 2.45) is 0 Å². The van der Waals surface area contributed by atoms with Crippen LogP contribution >= 0.6 is 0 Å². The molecule has 0 rings (SSSR count). The van der Waals surface area contributed by atoms with Gasteiger partial charge in [-0.05, 0) is 19.3 Å². The van der Waals surface area contributed by atoms with Crippen molar-refractivity contribution in [3.05, 3.63) is 12.2 Å². The average molecular weight is 728 g/mol. The van der Waals surface area contributed by atoms with Gasteiger partial charge in [0.25, 0.3) is 10.1 Å². The van der Waals surface area contributed by atoms with Crippen LogP contribution in [0.15, 0.2) is 12.2 Å². The van der Waals surface area contributed by atoms with Gasteiger partial charge in [-0.3, -0.25) is 9.35 Å². The minimum Gasteiger partial charge on any atom is -0.387 e. The van der Waals surface area contributed by atoms with Crippen molar-refractivity contribution >= 4 is 16.0 Å². The molecule has 0 aromatic rings. The molecule has 3 N–H and O–H groups in total. The van der Waals surface area contributed by atoms with E-state index in [1.807, 2.05) is 6.08 Å². The molecule has 0 aromatic carbocycles. The van der Waals surface area contributed by atoms with Crippen LogP contribution in [0.1, 0.15) is 239 Å². The molecule has 0 fully saturated rings. The molecule has 0 spiro atoms. The Morgan fingerprint density at radius 3 is 1.14 bits per heavy atom. The topological polar surface area (TPSA) is 104 Å². The molecule has 2 atom stereocenters. The summed E-state index contributed by atoms with van der Waals surface area (Å²) < 4.78 is 32.5. The van der Waals surface area contributed by atoms with Crippen LogP contribution in [0.5, 0.6) is 0 Å². The van der Waals surface area contributed by atoms with E-state index in [0.717, 1.165) is 38.5 Å². The first-order chi connectivity index (χ1) is 24.3. The predicted octanol–water partition coefficient (Wildman–Crippen LogP) is 13.0. The predicted molar refractivity (Wildman–Crippen MR) is 216 cm³/mol. The summed E-state index contributed by atoms with van der Waals surface area (Å²) in [5.74, 6) is -0.965. The number of amides is 1.